The average Bonchev–Trinajstić information content (AvgIpc) is 3.18. The molecule has 4 rings (SSSR count). The lowest BCUT2D eigenvalue weighted by molar-refractivity contribution is 0.0989. The molecule has 28 heavy (non-hydrogen) atoms. The van der Waals surface area contributed by atoms with Crippen LogP contribution in [0.3, 0.4) is 0 Å². The number of pyridine rings is 1. The number of hydrogen-bond acceptors (Lipinski definition) is 3. The Labute approximate surface area is 164 Å². The lowest BCUT2D eigenvalue weighted by Gasteiger charge is -2.17. The summed E-state index contributed by atoms with van der Waals surface area (Å²) < 4.78 is 0. The summed E-state index contributed by atoms with van der Waals surface area (Å²) in [6, 6.07) is 18.8. The molecule has 0 atom stereocenters. The van der Waals surface area contributed by atoms with Crippen molar-refractivity contribution >= 4 is 23.2 Å². The highest BCUT2D eigenvalue weighted by Crippen LogP contribution is 2.28. The van der Waals surface area contributed by atoms with Crippen LogP contribution in [0.25, 0.3) is 0 Å². The molecule has 0 fully saturated rings. The molecule has 2 aromatic carbocycles. The van der Waals surface area contributed by atoms with E-state index in [9.17, 15) is 9.59 Å². The van der Waals surface area contributed by atoms with Gasteiger partial charge in [0.05, 0.1) is 0 Å². The molecule has 3 aromatic rings. The highest BCUT2D eigenvalue weighted by atomic mass is 16.2. The number of nitrogens with zero attached hydrogens (tertiary/aromatic N) is 2. The predicted molar refractivity (Wildman–Crippen MR) is 110 cm³/mol. The Morgan fingerprint density at radius 1 is 1.07 bits per heavy atom. The summed E-state index contributed by atoms with van der Waals surface area (Å²) in [7, 11) is 0. The zero-order valence-electron chi connectivity index (χ0n) is 15.7. The number of hydrogen-bond donors (Lipinski definition) is 1. The fourth-order valence-electron chi connectivity index (χ4n) is 3.41. The predicted octanol–water partition coefficient (Wildman–Crippen LogP) is 4.10. The maximum atomic E-state index is 13.0. The van der Waals surface area contributed by atoms with Gasteiger partial charge in [0.25, 0.3) is 11.8 Å². The molecular formula is C23H21N3O2. The molecule has 1 aromatic heterocycles. The molecule has 1 aliphatic rings. The van der Waals surface area contributed by atoms with E-state index in [-0.39, 0.29) is 17.5 Å². The molecular weight excluding hydrogens is 350 g/mol. The smallest absolute Gasteiger partial charge is 0.274 e. The quantitative estimate of drug-likeness (QED) is 0.751. The van der Waals surface area contributed by atoms with Crippen LogP contribution in [0.5, 0.6) is 0 Å². The van der Waals surface area contributed by atoms with Crippen molar-refractivity contribution in [3.8, 4) is 0 Å². The number of rotatable bonds is 4. The second kappa shape index (κ2) is 7.64. The average molecular weight is 371 g/mol. The summed E-state index contributed by atoms with van der Waals surface area (Å²) >= 11 is 0. The Hall–Kier alpha value is -3.47. The van der Waals surface area contributed by atoms with Crippen molar-refractivity contribution in [2.45, 2.75) is 19.8 Å². The molecule has 1 aliphatic heterocycles. The molecule has 0 saturated heterocycles. The van der Waals surface area contributed by atoms with Gasteiger partial charge < -0.3 is 10.2 Å². The van der Waals surface area contributed by atoms with Gasteiger partial charge in [-0.3, -0.25) is 14.6 Å². The fourth-order valence-corrected chi connectivity index (χ4v) is 3.41. The van der Waals surface area contributed by atoms with E-state index in [2.05, 4.69) is 17.2 Å². The molecule has 5 nitrogen and oxygen atoms in total. The Morgan fingerprint density at radius 2 is 1.86 bits per heavy atom. The number of benzene rings is 2. The summed E-state index contributed by atoms with van der Waals surface area (Å²) in [5.74, 6) is -0.450. The van der Waals surface area contributed by atoms with Gasteiger partial charge in [0.15, 0.2) is 0 Å². The van der Waals surface area contributed by atoms with Gasteiger partial charge in [0.2, 0.25) is 0 Å². The minimum absolute atomic E-state index is 0.117. The Morgan fingerprint density at radius 3 is 2.64 bits per heavy atom. The van der Waals surface area contributed by atoms with Crippen molar-refractivity contribution in [2.75, 3.05) is 16.8 Å². The lowest BCUT2D eigenvalue weighted by atomic mass is 10.1. The van der Waals surface area contributed by atoms with E-state index in [4.69, 9.17) is 0 Å². The maximum Gasteiger partial charge on any atom is 0.274 e. The molecule has 0 radical (unpaired) electrons. The zero-order chi connectivity index (χ0) is 19.5. The molecule has 0 bridgehead atoms. The van der Waals surface area contributed by atoms with Crippen LogP contribution < -0.4 is 10.2 Å². The molecule has 0 saturated carbocycles. The van der Waals surface area contributed by atoms with E-state index in [1.54, 1.807) is 17.0 Å². The third kappa shape index (κ3) is 3.51. The van der Waals surface area contributed by atoms with Crippen molar-refractivity contribution in [1.29, 1.82) is 0 Å². The number of aryl methyl sites for hydroxylation is 1. The number of carbonyl (C=O) groups excluding carboxylic acids is 2. The molecule has 0 unspecified atom stereocenters. The summed E-state index contributed by atoms with van der Waals surface area (Å²) in [6.45, 7) is 2.73. The molecule has 1 N–H and O–H groups in total. The van der Waals surface area contributed by atoms with E-state index in [1.165, 1.54) is 17.3 Å². The van der Waals surface area contributed by atoms with Crippen molar-refractivity contribution in [2.24, 2.45) is 0 Å². The number of carbonyl (C=O) groups is 2. The van der Waals surface area contributed by atoms with Crippen molar-refractivity contribution in [3.63, 3.8) is 0 Å². The van der Waals surface area contributed by atoms with Crippen LogP contribution in [0.2, 0.25) is 0 Å². The van der Waals surface area contributed by atoms with Crippen LogP contribution in [0.15, 0.2) is 66.9 Å². The Kier molecular flexibility index (Phi) is 4.89. The monoisotopic (exact) mass is 371 g/mol. The zero-order valence-corrected chi connectivity index (χ0v) is 15.7. The molecule has 0 spiro atoms. The first kappa shape index (κ1) is 17.9. The van der Waals surface area contributed by atoms with Gasteiger partial charge in [-0.25, -0.2) is 0 Å². The largest absolute Gasteiger partial charge is 0.321 e. The van der Waals surface area contributed by atoms with Crippen molar-refractivity contribution in [3.05, 3.63) is 89.2 Å². The lowest BCUT2D eigenvalue weighted by Crippen LogP contribution is -2.29. The summed E-state index contributed by atoms with van der Waals surface area (Å²) in [6.07, 6.45) is 3.29. The molecule has 5 heteroatoms. The highest BCUT2D eigenvalue weighted by molar-refractivity contribution is 6.09. The van der Waals surface area contributed by atoms with E-state index >= 15 is 0 Å². The van der Waals surface area contributed by atoms with Crippen LogP contribution in [0, 0.1) is 0 Å². The van der Waals surface area contributed by atoms with Gasteiger partial charge in [0.1, 0.15) is 5.69 Å². The SMILES string of the molecule is CCc1ccc(NC(=O)c2cc(C(=O)N3CCc4ccccc43)ccn2)cc1. The maximum absolute atomic E-state index is 13.0. The number of aromatic nitrogens is 1. The van der Waals surface area contributed by atoms with Gasteiger partial charge in [0, 0.05) is 29.7 Å². The van der Waals surface area contributed by atoms with Gasteiger partial charge in [-0.2, -0.15) is 0 Å². The number of nitrogens with one attached hydrogen (secondary N) is 1. The molecule has 2 amide bonds. The fraction of sp³-hybridized carbons (Fsp3) is 0.174. The summed E-state index contributed by atoms with van der Waals surface area (Å²) in [4.78, 5) is 31.4. The first-order valence-corrected chi connectivity index (χ1v) is 9.42. The number of para-hydroxylation sites is 1. The van der Waals surface area contributed by atoms with Gasteiger partial charge in [-0.15, -0.1) is 0 Å². The van der Waals surface area contributed by atoms with Crippen LogP contribution in [0.1, 0.15) is 38.9 Å². The van der Waals surface area contributed by atoms with Gasteiger partial charge in [-0.05, 0) is 54.3 Å². The van der Waals surface area contributed by atoms with Gasteiger partial charge >= 0.3 is 0 Å². The minimum Gasteiger partial charge on any atom is -0.321 e. The minimum atomic E-state index is -0.333. The highest BCUT2D eigenvalue weighted by Gasteiger charge is 2.25. The molecule has 2 heterocycles. The first-order valence-electron chi connectivity index (χ1n) is 9.42. The number of fused-ring (bicyclic) bond motifs is 1. The van der Waals surface area contributed by atoms with E-state index < -0.39 is 0 Å². The van der Waals surface area contributed by atoms with Crippen molar-refractivity contribution < 1.29 is 9.59 Å². The second-order valence-electron chi connectivity index (χ2n) is 6.77. The third-order valence-electron chi connectivity index (χ3n) is 4.99. The van der Waals surface area contributed by atoms with E-state index in [0.29, 0.717) is 17.8 Å². The molecule has 0 aliphatic carbocycles. The topological polar surface area (TPSA) is 62.3 Å². The van der Waals surface area contributed by atoms with Crippen LogP contribution in [-0.2, 0) is 12.8 Å². The van der Waals surface area contributed by atoms with Crippen LogP contribution in [0.4, 0.5) is 11.4 Å². The van der Waals surface area contributed by atoms with E-state index in [1.807, 2.05) is 48.5 Å². The van der Waals surface area contributed by atoms with Gasteiger partial charge in [-0.1, -0.05) is 37.3 Å². The first-order chi connectivity index (χ1) is 13.7. The summed E-state index contributed by atoms with van der Waals surface area (Å²) in [5, 5.41) is 2.83. The standard InChI is InChI=1S/C23H21N3O2/c1-2-16-7-9-19(10-8-16)25-22(27)20-15-18(11-13-24-20)23(28)26-14-12-17-5-3-4-6-21(17)26/h3-11,13,15H,2,12,14H2,1H3,(H,25,27). The molecule has 140 valence electrons. The normalized spacial score (nSPS) is 12.5. The second-order valence-corrected chi connectivity index (χ2v) is 6.77. The number of amides is 2. The van der Waals surface area contributed by atoms with E-state index in [0.717, 1.165) is 18.5 Å². The van der Waals surface area contributed by atoms with Crippen LogP contribution >= 0.6 is 0 Å². The Balaban J connectivity index is 1.52. The number of anilines is 2. The third-order valence-corrected chi connectivity index (χ3v) is 4.99. The van der Waals surface area contributed by atoms with Crippen molar-refractivity contribution in [1.82, 2.24) is 4.98 Å². The van der Waals surface area contributed by atoms with Crippen LogP contribution in [-0.4, -0.2) is 23.3 Å². The Bertz CT molecular complexity index is 1030. The summed E-state index contributed by atoms with van der Waals surface area (Å²) in [5.41, 5.74) is 4.68.